The van der Waals surface area contributed by atoms with Gasteiger partial charge < -0.3 is 5.73 Å². The Bertz CT molecular complexity index is 724. The number of halogens is 1. The molecule has 0 amide bonds. The molecule has 102 valence electrons. The monoisotopic (exact) mass is 284 g/mol. The van der Waals surface area contributed by atoms with Crippen molar-refractivity contribution in [1.29, 1.82) is 0 Å². The van der Waals surface area contributed by atoms with E-state index >= 15 is 0 Å². The molecule has 0 saturated heterocycles. The lowest BCUT2D eigenvalue weighted by molar-refractivity contribution is 0.596. The molecule has 2 rings (SSSR count). The highest BCUT2D eigenvalue weighted by Gasteiger charge is 2.20. The van der Waals surface area contributed by atoms with Crippen LogP contribution in [-0.4, -0.2) is 18.2 Å². The second-order valence-corrected chi connectivity index (χ2v) is 5.74. The van der Waals surface area contributed by atoms with Crippen LogP contribution >= 0.6 is 0 Å². The lowest BCUT2D eigenvalue weighted by Gasteiger charge is -2.09. The molecule has 0 aliphatic rings. The molecule has 0 bridgehead atoms. The second-order valence-electron chi connectivity index (χ2n) is 4.09. The fourth-order valence-electron chi connectivity index (χ4n) is 1.64. The van der Waals surface area contributed by atoms with Gasteiger partial charge in [0.05, 0.1) is 17.1 Å². The Morgan fingerprint density at radius 2 is 2.11 bits per heavy atom. The number of anilines is 2. The summed E-state index contributed by atoms with van der Waals surface area (Å²) in [6.07, 6.45) is 1.52. The maximum absolute atomic E-state index is 13.1. The summed E-state index contributed by atoms with van der Waals surface area (Å²) in [6, 6.07) is 3.19. The molecule has 0 aliphatic heterocycles. The molecule has 0 saturated carbocycles. The number of aromatic nitrogens is 2. The van der Waals surface area contributed by atoms with Gasteiger partial charge in [0.25, 0.3) is 10.0 Å². The quantitative estimate of drug-likeness (QED) is 0.830. The summed E-state index contributed by atoms with van der Waals surface area (Å²) in [5.41, 5.74) is 6.39. The smallest absolute Gasteiger partial charge is 0.264 e. The van der Waals surface area contributed by atoms with Gasteiger partial charge in [-0.05, 0) is 25.1 Å². The van der Waals surface area contributed by atoms with E-state index in [9.17, 15) is 12.8 Å². The first-order chi connectivity index (χ1) is 8.79. The van der Waals surface area contributed by atoms with E-state index in [1.807, 2.05) is 0 Å². The van der Waals surface area contributed by atoms with Gasteiger partial charge in [-0.15, -0.1) is 0 Å². The van der Waals surface area contributed by atoms with E-state index in [0.717, 1.165) is 12.1 Å². The Morgan fingerprint density at radius 1 is 1.42 bits per heavy atom. The zero-order valence-corrected chi connectivity index (χ0v) is 11.2. The van der Waals surface area contributed by atoms with Crippen molar-refractivity contribution in [2.75, 3.05) is 10.5 Å². The van der Waals surface area contributed by atoms with Gasteiger partial charge in [0, 0.05) is 13.2 Å². The Balaban J connectivity index is 2.43. The summed E-state index contributed by atoms with van der Waals surface area (Å²) in [4.78, 5) is -0.296. The minimum atomic E-state index is -3.94. The molecule has 2 aromatic rings. The first-order valence-electron chi connectivity index (χ1n) is 5.37. The van der Waals surface area contributed by atoms with E-state index < -0.39 is 15.8 Å². The second kappa shape index (κ2) is 4.54. The summed E-state index contributed by atoms with van der Waals surface area (Å²) in [5.74, 6) is -0.669. The Labute approximate surface area is 110 Å². The van der Waals surface area contributed by atoms with Crippen molar-refractivity contribution in [2.45, 2.75) is 11.8 Å². The van der Waals surface area contributed by atoms with Crippen LogP contribution in [0.15, 0.2) is 29.3 Å². The number of sulfonamides is 1. The Morgan fingerprint density at radius 3 is 2.68 bits per heavy atom. The predicted molar refractivity (Wildman–Crippen MR) is 69.6 cm³/mol. The average Bonchev–Trinajstić information content (AvgIpc) is 2.60. The third-order valence-electron chi connectivity index (χ3n) is 2.52. The Hall–Kier alpha value is -2.09. The number of nitrogens with zero attached hydrogens (tertiary/aromatic N) is 2. The lowest BCUT2D eigenvalue weighted by Crippen LogP contribution is -2.15. The highest BCUT2D eigenvalue weighted by Crippen LogP contribution is 2.23. The fourth-order valence-corrected chi connectivity index (χ4v) is 2.89. The average molecular weight is 284 g/mol. The molecule has 0 spiro atoms. The van der Waals surface area contributed by atoms with Crippen LogP contribution in [-0.2, 0) is 17.1 Å². The van der Waals surface area contributed by atoms with E-state index in [1.54, 1.807) is 14.0 Å². The van der Waals surface area contributed by atoms with Gasteiger partial charge in [-0.25, -0.2) is 12.8 Å². The maximum Gasteiger partial charge on any atom is 0.264 e. The van der Waals surface area contributed by atoms with Gasteiger partial charge in [0.1, 0.15) is 10.7 Å². The van der Waals surface area contributed by atoms with Crippen molar-refractivity contribution in [2.24, 2.45) is 7.05 Å². The normalized spacial score (nSPS) is 11.5. The maximum atomic E-state index is 13.1. The standard InChI is InChI=1S/C11H13FN4O2S/c1-7-10(6-16(2)14-7)15-19(17,18)11-5-8(12)3-4-9(11)13/h3-6,15H,13H2,1-2H3. The summed E-state index contributed by atoms with van der Waals surface area (Å²) in [5, 5.41) is 4.01. The van der Waals surface area contributed by atoms with E-state index in [0.29, 0.717) is 11.4 Å². The highest BCUT2D eigenvalue weighted by molar-refractivity contribution is 7.92. The number of nitrogen functional groups attached to an aromatic ring is 1. The van der Waals surface area contributed by atoms with Gasteiger partial charge in [-0.3, -0.25) is 9.40 Å². The van der Waals surface area contributed by atoms with Crippen molar-refractivity contribution >= 4 is 21.4 Å². The molecule has 0 fully saturated rings. The van der Waals surface area contributed by atoms with Crippen molar-refractivity contribution in [1.82, 2.24) is 9.78 Å². The summed E-state index contributed by atoms with van der Waals surface area (Å²) < 4.78 is 41.2. The van der Waals surface area contributed by atoms with E-state index in [-0.39, 0.29) is 10.6 Å². The summed E-state index contributed by atoms with van der Waals surface area (Å²) in [7, 11) is -2.28. The van der Waals surface area contributed by atoms with E-state index in [1.165, 1.54) is 16.9 Å². The topological polar surface area (TPSA) is 90.0 Å². The number of nitrogens with one attached hydrogen (secondary N) is 1. The van der Waals surface area contributed by atoms with Crippen LogP contribution in [0.25, 0.3) is 0 Å². The SMILES string of the molecule is Cc1nn(C)cc1NS(=O)(=O)c1cc(F)ccc1N. The molecule has 1 aromatic heterocycles. The van der Waals surface area contributed by atoms with Crippen molar-refractivity contribution in [3.8, 4) is 0 Å². The molecular weight excluding hydrogens is 271 g/mol. The van der Waals surface area contributed by atoms with Crippen molar-refractivity contribution < 1.29 is 12.8 Å². The van der Waals surface area contributed by atoms with Crippen LogP contribution < -0.4 is 10.5 Å². The zero-order chi connectivity index (χ0) is 14.2. The molecule has 6 nitrogen and oxygen atoms in total. The van der Waals surface area contributed by atoms with Gasteiger partial charge >= 0.3 is 0 Å². The molecule has 0 radical (unpaired) electrons. The van der Waals surface area contributed by atoms with Crippen molar-refractivity contribution in [3.05, 3.63) is 35.9 Å². The van der Waals surface area contributed by atoms with E-state index in [4.69, 9.17) is 5.73 Å². The number of hydrogen-bond acceptors (Lipinski definition) is 4. The minimum absolute atomic E-state index is 0.0181. The molecule has 3 N–H and O–H groups in total. The largest absolute Gasteiger partial charge is 0.398 e. The molecule has 1 heterocycles. The van der Waals surface area contributed by atoms with Gasteiger partial charge in [-0.2, -0.15) is 5.10 Å². The lowest BCUT2D eigenvalue weighted by atomic mass is 10.3. The van der Waals surface area contributed by atoms with Crippen LogP contribution in [0.5, 0.6) is 0 Å². The molecule has 0 unspecified atom stereocenters. The van der Waals surface area contributed by atoms with Crippen LogP contribution in [0.3, 0.4) is 0 Å². The zero-order valence-electron chi connectivity index (χ0n) is 10.4. The minimum Gasteiger partial charge on any atom is -0.398 e. The van der Waals surface area contributed by atoms with Crippen LogP contribution in [0.4, 0.5) is 15.8 Å². The van der Waals surface area contributed by atoms with Gasteiger partial charge in [-0.1, -0.05) is 0 Å². The van der Waals surface area contributed by atoms with E-state index in [2.05, 4.69) is 9.82 Å². The third-order valence-corrected chi connectivity index (χ3v) is 3.94. The fraction of sp³-hybridized carbons (Fsp3) is 0.182. The third kappa shape index (κ3) is 2.68. The summed E-state index contributed by atoms with van der Waals surface area (Å²) >= 11 is 0. The molecule has 0 atom stereocenters. The molecule has 8 heteroatoms. The van der Waals surface area contributed by atoms with Crippen molar-refractivity contribution in [3.63, 3.8) is 0 Å². The molecule has 1 aromatic carbocycles. The van der Waals surface area contributed by atoms with Crippen LogP contribution in [0, 0.1) is 12.7 Å². The number of benzene rings is 1. The molecule has 0 aliphatic carbocycles. The highest BCUT2D eigenvalue weighted by atomic mass is 32.2. The Kier molecular flexibility index (Phi) is 3.19. The molecular formula is C11H13FN4O2S. The van der Waals surface area contributed by atoms with Crippen LogP contribution in [0.2, 0.25) is 0 Å². The van der Waals surface area contributed by atoms with Gasteiger partial charge in [0.2, 0.25) is 0 Å². The summed E-state index contributed by atoms with van der Waals surface area (Å²) in [6.45, 7) is 1.66. The number of rotatable bonds is 3. The van der Waals surface area contributed by atoms with Gasteiger partial charge in [0.15, 0.2) is 0 Å². The first-order valence-corrected chi connectivity index (χ1v) is 6.86. The number of aryl methyl sites for hydroxylation is 2. The number of hydrogen-bond donors (Lipinski definition) is 2. The predicted octanol–water partition coefficient (Wildman–Crippen LogP) is 1.25. The molecule has 19 heavy (non-hydrogen) atoms. The van der Waals surface area contributed by atoms with Crippen LogP contribution in [0.1, 0.15) is 5.69 Å². The first kappa shape index (κ1) is 13.3. The number of nitrogens with two attached hydrogens (primary N) is 1.